The molecule has 2 N–H and O–H groups in total. The summed E-state index contributed by atoms with van der Waals surface area (Å²) in [6, 6.07) is 0.128. The highest BCUT2D eigenvalue weighted by molar-refractivity contribution is 5.92. The number of hydrogen-bond acceptors (Lipinski definition) is 4. The molecule has 0 radical (unpaired) electrons. The molecule has 0 aliphatic carbocycles. The smallest absolute Gasteiger partial charge is 0.360 e. The first-order valence-corrected chi connectivity index (χ1v) is 4.64. The molecule has 0 aromatic carbocycles. The third-order valence-electron chi connectivity index (χ3n) is 2.10. The highest BCUT2D eigenvalue weighted by Gasteiger charge is 2.16. The molecule has 0 saturated carbocycles. The summed E-state index contributed by atoms with van der Waals surface area (Å²) in [7, 11) is 1.30. The van der Waals surface area contributed by atoms with Crippen LogP contribution < -0.4 is 5.73 Å². The maximum atomic E-state index is 11.2. The molecule has 1 rings (SSSR count). The molecule has 15 heavy (non-hydrogen) atoms. The molecule has 1 aromatic rings. The Kier molecular flexibility index (Phi) is 3.49. The maximum absolute atomic E-state index is 11.2. The van der Waals surface area contributed by atoms with Crippen LogP contribution in [0.2, 0.25) is 0 Å². The van der Waals surface area contributed by atoms with Gasteiger partial charge in [0.25, 0.3) is 0 Å². The molecule has 0 bridgehead atoms. The highest BCUT2D eigenvalue weighted by atomic mass is 16.5. The number of rotatable bonds is 4. The van der Waals surface area contributed by atoms with Gasteiger partial charge in [-0.2, -0.15) is 5.10 Å². The second kappa shape index (κ2) is 4.63. The number of nitrogen functional groups attached to an aromatic ring is 1. The Balaban J connectivity index is 2.94. The van der Waals surface area contributed by atoms with Gasteiger partial charge in [-0.25, -0.2) is 4.79 Å². The molecule has 5 nitrogen and oxygen atoms in total. The number of nitrogens with two attached hydrogens (primary N) is 1. The van der Waals surface area contributed by atoms with Gasteiger partial charge in [0.15, 0.2) is 5.69 Å². The number of esters is 1. The van der Waals surface area contributed by atoms with E-state index in [2.05, 4.69) is 16.4 Å². The molecule has 0 aliphatic rings. The quantitative estimate of drug-likeness (QED) is 0.601. The molecule has 0 fully saturated rings. The zero-order valence-corrected chi connectivity index (χ0v) is 8.93. The van der Waals surface area contributed by atoms with Crippen LogP contribution >= 0.6 is 0 Å². The van der Waals surface area contributed by atoms with Crippen molar-refractivity contribution in [2.24, 2.45) is 0 Å². The summed E-state index contributed by atoms with van der Waals surface area (Å²) >= 11 is 0. The van der Waals surface area contributed by atoms with Crippen LogP contribution in [-0.2, 0) is 4.74 Å². The Hall–Kier alpha value is -1.78. The Morgan fingerprint density at radius 1 is 1.87 bits per heavy atom. The predicted octanol–water partition coefficient (Wildman–Crippen LogP) is 1.39. The molecular weight excluding hydrogens is 194 g/mol. The number of aromatic nitrogens is 2. The van der Waals surface area contributed by atoms with E-state index < -0.39 is 5.97 Å². The van der Waals surface area contributed by atoms with Gasteiger partial charge in [-0.3, -0.25) is 4.68 Å². The van der Waals surface area contributed by atoms with Gasteiger partial charge in [-0.15, -0.1) is 6.58 Å². The van der Waals surface area contributed by atoms with Crippen LogP contribution in [0.25, 0.3) is 0 Å². The topological polar surface area (TPSA) is 70.1 Å². The van der Waals surface area contributed by atoms with E-state index in [9.17, 15) is 4.79 Å². The van der Waals surface area contributed by atoms with E-state index in [-0.39, 0.29) is 11.7 Å². The minimum absolute atomic E-state index is 0.128. The lowest BCUT2D eigenvalue weighted by Crippen LogP contribution is -2.08. The molecular formula is C10H15N3O2. The van der Waals surface area contributed by atoms with Crippen molar-refractivity contribution in [1.82, 2.24) is 9.78 Å². The van der Waals surface area contributed by atoms with Gasteiger partial charge in [0.1, 0.15) is 0 Å². The lowest BCUT2D eigenvalue weighted by atomic mass is 10.2. The number of methoxy groups -OCH3 is 1. The summed E-state index contributed by atoms with van der Waals surface area (Å²) in [5.74, 6) is -0.517. The number of hydrogen-bond donors (Lipinski definition) is 1. The second-order valence-corrected chi connectivity index (χ2v) is 3.28. The summed E-state index contributed by atoms with van der Waals surface area (Å²) in [6.45, 7) is 5.61. The fourth-order valence-electron chi connectivity index (χ4n) is 1.24. The molecule has 1 aromatic heterocycles. The summed E-state index contributed by atoms with van der Waals surface area (Å²) in [5, 5.41) is 4.07. The van der Waals surface area contributed by atoms with Gasteiger partial charge in [0, 0.05) is 6.20 Å². The lowest BCUT2D eigenvalue weighted by molar-refractivity contribution is 0.0594. The molecule has 82 valence electrons. The van der Waals surface area contributed by atoms with E-state index in [0.29, 0.717) is 5.69 Å². The van der Waals surface area contributed by atoms with Crippen molar-refractivity contribution in [3.05, 3.63) is 24.5 Å². The fraction of sp³-hybridized carbons (Fsp3) is 0.400. The first kappa shape index (κ1) is 11.3. The highest BCUT2D eigenvalue weighted by Crippen LogP contribution is 2.16. The van der Waals surface area contributed by atoms with E-state index in [4.69, 9.17) is 5.73 Å². The average molecular weight is 209 g/mol. The van der Waals surface area contributed by atoms with Crippen molar-refractivity contribution < 1.29 is 9.53 Å². The van der Waals surface area contributed by atoms with Crippen LogP contribution in [-0.4, -0.2) is 22.9 Å². The first-order valence-electron chi connectivity index (χ1n) is 4.64. The third-order valence-corrected chi connectivity index (χ3v) is 2.10. The normalized spacial score (nSPS) is 12.1. The molecule has 0 amide bonds. The van der Waals surface area contributed by atoms with Crippen molar-refractivity contribution in [3.8, 4) is 0 Å². The van der Waals surface area contributed by atoms with Gasteiger partial charge >= 0.3 is 5.97 Å². The Morgan fingerprint density at radius 2 is 2.53 bits per heavy atom. The van der Waals surface area contributed by atoms with Crippen LogP contribution in [0.4, 0.5) is 5.69 Å². The van der Waals surface area contributed by atoms with Crippen molar-refractivity contribution in [3.63, 3.8) is 0 Å². The first-order chi connectivity index (χ1) is 7.10. The largest absolute Gasteiger partial charge is 0.464 e. The molecule has 5 heteroatoms. The zero-order valence-electron chi connectivity index (χ0n) is 8.93. The van der Waals surface area contributed by atoms with E-state index >= 15 is 0 Å². The molecule has 1 atom stereocenters. The van der Waals surface area contributed by atoms with E-state index in [1.54, 1.807) is 17.0 Å². The summed E-state index contributed by atoms with van der Waals surface area (Å²) in [5.41, 5.74) is 6.13. The van der Waals surface area contributed by atoms with Crippen molar-refractivity contribution in [2.45, 2.75) is 19.4 Å². The second-order valence-electron chi connectivity index (χ2n) is 3.28. The van der Waals surface area contributed by atoms with Crippen LogP contribution in [0.1, 0.15) is 29.9 Å². The monoisotopic (exact) mass is 209 g/mol. The zero-order chi connectivity index (χ0) is 11.4. The Morgan fingerprint density at radius 3 is 3.07 bits per heavy atom. The lowest BCUT2D eigenvalue weighted by Gasteiger charge is -2.08. The Bertz CT molecular complexity index is 371. The molecule has 0 saturated heterocycles. The minimum Gasteiger partial charge on any atom is -0.464 e. The van der Waals surface area contributed by atoms with E-state index in [0.717, 1.165) is 6.42 Å². The maximum Gasteiger partial charge on any atom is 0.360 e. The SMILES string of the molecule is C=CCC(C)n1cc(N)c(C(=O)OC)n1. The van der Waals surface area contributed by atoms with Crippen molar-refractivity contribution in [2.75, 3.05) is 12.8 Å². The number of anilines is 1. The van der Waals surface area contributed by atoms with Gasteiger partial charge in [0.2, 0.25) is 0 Å². The third kappa shape index (κ3) is 2.37. The predicted molar refractivity (Wildman–Crippen MR) is 57.5 cm³/mol. The van der Waals surface area contributed by atoms with Crippen LogP contribution in [0.5, 0.6) is 0 Å². The number of allylic oxidation sites excluding steroid dienone is 1. The fourth-order valence-corrected chi connectivity index (χ4v) is 1.24. The standard InChI is InChI=1S/C10H15N3O2/c1-4-5-7(2)13-6-8(11)9(12-13)10(14)15-3/h4,6-7H,1,5,11H2,2-3H3. The average Bonchev–Trinajstić information content (AvgIpc) is 2.60. The van der Waals surface area contributed by atoms with Gasteiger partial charge in [-0.05, 0) is 13.3 Å². The summed E-state index contributed by atoms with van der Waals surface area (Å²) in [4.78, 5) is 11.2. The summed E-state index contributed by atoms with van der Waals surface area (Å²) in [6.07, 6.45) is 4.18. The molecule has 0 aliphatic heterocycles. The van der Waals surface area contributed by atoms with Crippen molar-refractivity contribution in [1.29, 1.82) is 0 Å². The van der Waals surface area contributed by atoms with Gasteiger partial charge in [0.05, 0.1) is 18.8 Å². The Labute approximate surface area is 88.5 Å². The number of ether oxygens (including phenoxy) is 1. The molecule has 1 unspecified atom stereocenters. The molecule has 0 spiro atoms. The van der Waals surface area contributed by atoms with E-state index in [1.807, 2.05) is 6.92 Å². The number of carbonyl (C=O) groups excluding carboxylic acids is 1. The molecule has 1 heterocycles. The van der Waals surface area contributed by atoms with Crippen LogP contribution in [0, 0.1) is 0 Å². The van der Waals surface area contributed by atoms with Crippen molar-refractivity contribution >= 4 is 11.7 Å². The van der Waals surface area contributed by atoms with E-state index in [1.165, 1.54) is 7.11 Å². The minimum atomic E-state index is -0.517. The van der Waals surface area contributed by atoms with Crippen LogP contribution in [0.15, 0.2) is 18.9 Å². The van der Waals surface area contributed by atoms with Gasteiger partial charge < -0.3 is 10.5 Å². The van der Waals surface area contributed by atoms with Crippen LogP contribution in [0.3, 0.4) is 0 Å². The summed E-state index contributed by atoms with van der Waals surface area (Å²) < 4.78 is 6.20. The number of nitrogens with zero attached hydrogens (tertiary/aromatic N) is 2. The van der Waals surface area contributed by atoms with Gasteiger partial charge in [-0.1, -0.05) is 6.08 Å². The number of carbonyl (C=O) groups is 1.